The number of carbonyl (C=O) groups excluding carboxylic acids is 4. The molecule has 4 aliphatic heterocycles. The topological polar surface area (TPSA) is 163 Å². The zero-order chi connectivity index (χ0) is 31.4. The Balaban J connectivity index is 1.10. The van der Waals surface area contributed by atoms with Gasteiger partial charge in [-0.25, -0.2) is 0 Å². The normalized spacial score (nSPS) is 23.0. The van der Waals surface area contributed by atoms with E-state index in [1.165, 1.54) is 11.9 Å². The predicted octanol–water partition coefficient (Wildman–Crippen LogP) is 1.88. The van der Waals surface area contributed by atoms with Crippen molar-refractivity contribution in [1.82, 2.24) is 20.0 Å². The zero-order valence-electron chi connectivity index (χ0n) is 25.3. The first-order valence-electron chi connectivity index (χ1n) is 15.4. The summed E-state index contributed by atoms with van der Waals surface area (Å²) in [7, 11) is 1.54. The average molecular weight is 606 g/mol. The molecule has 1 spiro atoms. The lowest BCUT2D eigenvalue weighted by Crippen LogP contribution is -2.61. The number of anilines is 1. The maximum atomic E-state index is 13.4. The van der Waals surface area contributed by atoms with Crippen LogP contribution in [0.3, 0.4) is 0 Å². The average Bonchev–Trinajstić information content (AvgIpc) is 3.02. The number of amidine groups is 1. The number of rotatable bonds is 8. The van der Waals surface area contributed by atoms with Gasteiger partial charge in [0.25, 0.3) is 5.91 Å². The van der Waals surface area contributed by atoms with Gasteiger partial charge in [0.1, 0.15) is 18.1 Å². The van der Waals surface area contributed by atoms with E-state index >= 15 is 0 Å². The highest BCUT2D eigenvalue weighted by Crippen LogP contribution is 2.41. The van der Waals surface area contributed by atoms with Crippen LogP contribution in [0.5, 0.6) is 0 Å². The maximum Gasteiger partial charge on any atom is 0.255 e. The number of nitrogens with zero attached hydrogens (tertiary/aromatic N) is 4. The molecule has 1 atom stereocenters. The van der Waals surface area contributed by atoms with Gasteiger partial charge in [0, 0.05) is 70.5 Å². The Morgan fingerprint density at radius 1 is 1.14 bits per heavy atom. The Labute approximate surface area is 258 Å². The summed E-state index contributed by atoms with van der Waals surface area (Å²) in [5.41, 5.74) is 7.58. The van der Waals surface area contributed by atoms with Crippen LogP contribution >= 0.6 is 0 Å². The van der Waals surface area contributed by atoms with Crippen molar-refractivity contribution in [2.24, 2.45) is 17.1 Å². The summed E-state index contributed by atoms with van der Waals surface area (Å²) in [5, 5.41) is 19.5. The molecule has 1 aromatic carbocycles. The molecule has 44 heavy (non-hydrogen) atoms. The van der Waals surface area contributed by atoms with E-state index in [0.29, 0.717) is 23.5 Å². The molecule has 0 aliphatic carbocycles. The fourth-order valence-electron chi connectivity index (χ4n) is 7.04. The molecule has 236 valence electrons. The molecule has 12 heteroatoms. The van der Waals surface area contributed by atoms with E-state index in [9.17, 15) is 19.2 Å². The number of imide groups is 1. The fourth-order valence-corrected chi connectivity index (χ4v) is 7.04. The first-order valence-corrected chi connectivity index (χ1v) is 15.4. The largest absolute Gasteiger partial charge is 0.513 e. The van der Waals surface area contributed by atoms with Crippen LogP contribution in [0.1, 0.15) is 59.2 Å². The number of hydrogen-bond acceptors (Lipinski definition) is 9. The minimum atomic E-state index is -0.752. The Kier molecular flexibility index (Phi) is 9.38. The number of aliphatic hydroxyl groups excluding tert-OH is 1. The number of likely N-dealkylation sites (tertiary alicyclic amines) is 2. The first-order chi connectivity index (χ1) is 21.1. The van der Waals surface area contributed by atoms with Gasteiger partial charge in [-0.2, -0.15) is 0 Å². The Morgan fingerprint density at radius 3 is 2.48 bits per heavy atom. The quantitative estimate of drug-likeness (QED) is 0.0865. The van der Waals surface area contributed by atoms with Crippen molar-refractivity contribution in [3.05, 3.63) is 53.4 Å². The SMILES string of the molecule is CN(C(=O)c1cc(N2CCC(CN3CC4(CCN(C(=N)C=CC(N)=CO)CC4)C3)CC2)ccc1C=O)C1CCC(=O)NC1=O. The van der Waals surface area contributed by atoms with E-state index in [1.54, 1.807) is 24.3 Å². The van der Waals surface area contributed by atoms with Crippen LogP contribution < -0.4 is 16.0 Å². The van der Waals surface area contributed by atoms with Gasteiger partial charge >= 0.3 is 0 Å². The molecular formula is C32H43N7O5. The number of likely N-dealkylation sites (N-methyl/N-ethyl adjacent to an activating group) is 1. The molecule has 5 rings (SSSR count). The number of nitrogens with two attached hydrogens (primary N) is 1. The molecule has 4 saturated heterocycles. The molecule has 3 amide bonds. The van der Waals surface area contributed by atoms with Gasteiger partial charge in [-0.1, -0.05) is 0 Å². The van der Waals surface area contributed by atoms with E-state index in [0.717, 1.165) is 83.4 Å². The number of benzene rings is 1. The van der Waals surface area contributed by atoms with Crippen LogP contribution in [-0.4, -0.2) is 109 Å². The number of aldehydes is 1. The second kappa shape index (κ2) is 13.2. The molecule has 1 aromatic rings. The monoisotopic (exact) mass is 605 g/mol. The number of carbonyl (C=O) groups is 4. The summed E-state index contributed by atoms with van der Waals surface area (Å²) in [5.74, 6) is -0.222. The van der Waals surface area contributed by atoms with Crippen molar-refractivity contribution in [3.8, 4) is 0 Å². The van der Waals surface area contributed by atoms with E-state index in [-0.39, 0.29) is 35.6 Å². The van der Waals surface area contributed by atoms with Gasteiger partial charge in [0.15, 0.2) is 6.29 Å². The van der Waals surface area contributed by atoms with Gasteiger partial charge in [-0.05, 0) is 73.8 Å². The van der Waals surface area contributed by atoms with E-state index < -0.39 is 17.9 Å². The molecule has 4 heterocycles. The summed E-state index contributed by atoms with van der Waals surface area (Å²) in [6.07, 6.45) is 9.33. The van der Waals surface area contributed by atoms with E-state index in [4.69, 9.17) is 16.2 Å². The lowest BCUT2D eigenvalue weighted by Gasteiger charge is -2.55. The third-order valence-electron chi connectivity index (χ3n) is 9.75. The number of piperidine rings is 3. The molecule has 0 radical (unpaired) electrons. The molecule has 1 unspecified atom stereocenters. The van der Waals surface area contributed by atoms with Gasteiger partial charge < -0.3 is 30.4 Å². The molecular weight excluding hydrogens is 562 g/mol. The lowest BCUT2D eigenvalue weighted by molar-refractivity contribution is -0.136. The van der Waals surface area contributed by atoms with Crippen LogP contribution in [-0.2, 0) is 9.59 Å². The van der Waals surface area contributed by atoms with Gasteiger partial charge in [0.05, 0.1) is 11.3 Å². The Bertz CT molecular complexity index is 1350. The molecule has 0 saturated carbocycles. The van der Waals surface area contributed by atoms with Crippen molar-refractivity contribution in [1.29, 1.82) is 5.41 Å². The summed E-state index contributed by atoms with van der Waals surface area (Å²) >= 11 is 0. The smallest absolute Gasteiger partial charge is 0.255 e. The van der Waals surface area contributed by atoms with Crippen LogP contribution in [0, 0.1) is 16.7 Å². The number of allylic oxidation sites excluding steroid dienone is 1. The molecule has 4 aliphatic rings. The van der Waals surface area contributed by atoms with Gasteiger partial charge in [-0.15, -0.1) is 0 Å². The zero-order valence-corrected chi connectivity index (χ0v) is 25.3. The highest BCUT2D eigenvalue weighted by molar-refractivity contribution is 6.06. The number of amides is 3. The van der Waals surface area contributed by atoms with Crippen molar-refractivity contribution >= 4 is 35.5 Å². The van der Waals surface area contributed by atoms with Gasteiger partial charge in [0.2, 0.25) is 11.8 Å². The van der Waals surface area contributed by atoms with Gasteiger partial charge in [-0.3, -0.25) is 29.9 Å². The first kappa shape index (κ1) is 31.2. The Hall–Kier alpha value is -4.19. The van der Waals surface area contributed by atoms with Crippen molar-refractivity contribution < 1.29 is 24.3 Å². The molecule has 4 fully saturated rings. The minimum Gasteiger partial charge on any atom is -0.513 e. The standard InChI is InChI=1S/C32H43N7O5/c1-36(27-5-7-29(42)35-30(27)43)31(44)26-16-25(4-2-23(26)18-40)38-12-8-22(9-13-38)17-37-20-32(21-37)10-14-39(15-11-32)28(34)6-3-24(33)19-41/h2-4,6,16,18-19,22,27,34,41H,5,7-15,17,20-21,33H2,1H3,(H,35,42,43). The fraction of sp³-hybridized carbons (Fsp3) is 0.531. The Morgan fingerprint density at radius 2 is 1.84 bits per heavy atom. The van der Waals surface area contributed by atoms with E-state index in [2.05, 4.69) is 20.0 Å². The maximum absolute atomic E-state index is 13.4. The van der Waals surface area contributed by atoms with E-state index in [1.807, 2.05) is 6.07 Å². The highest BCUT2D eigenvalue weighted by atomic mass is 16.2. The molecule has 5 N–H and O–H groups in total. The third-order valence-corrected chi connectivity index (χ3v) is 9.75. The second-order valence-electron chi connectivity index (χ2n) is 12.7. The van der Waals surface area contributed by atoms with Crippen LogP contribution in [0.25, 0.3) is 0 Å². The summed E-state index contributed by atoms with van der Waals surface area (Å²) in [6.45, 7) is 6.72. The lowest BCUT2D eigenvalue weighted by atomic mass is 9.71. The minimum absolute atomic E-state index is 0.172. The second-order valence-corrected chi connectivity index (χ2v) is 12.7. The number of aliphatic hydroxyl groups is 1. The van der Waals surface area contributed by atoms with Crippen LogP contribution in [0.15, 0.2) is 42.3 Å². The van der Waals surface area contributed by atoms with Crippen molar-refractivity contribution in [2.45, 2.75) is 44.6 Å². The van der Waals surface area contributed by atoms with Crippen molar-refractivity contribution in [2.75, 3.05) is 57.8 Å². The number of nitrogens with one attached hydrogen (secondary N) is 2. The van der Waals surface area contributed by atoms with Crippen molar-refractivity contribution in [3.63, 3.8) is 0 Å². The predicted molar refractivity (Wildman–Crippen MR) is 166 cm³/mol. The highest BCUT2D eigenvalue weighted by Gasteiger charge is 2.45. The summed E-state index contributed by atoms with van der Waals surface area (Å²) in [6, 6.07) is 4.56. The summed E-state index contributed by atoms with van der Waals surface area (Å²) in [4.78, 5) is 57.3. The molecule has 0 aromatic heterocycles. The molecule has 0 bridgehead atoms. The molecule has 12 nitrogen and oxygen atoms in total. The summed E-state index contributed by atoms with van der Waals surface area (Å²) < 4.78 is 0. The van der Waals surface area contributed by atoms with Crippen LogP contribution in [0.4, 0.5) is 5.69 Å². The number of hydrogen-bond donors (Lipinski definition) is 4. The van der Waals surface area contributed by atoms with Crippen LogP contribution in [0.2, 0.25) is 0 Å². The third kappa shape index (κ3) is 6.80.